The van der Waals surface area contributed by atoms with Crippen LogP contribution in [-0.4, -0.2) is 63.9 Å². The summed E-state index contributed by atoms with van der Waals surface area (Å²) in [6.07, 6.45) is 0. The highest BCUT2D eigenvalue weighted by Gasteiger charge is 2.51. The topological polar surface area (TPSA) is 142 Å². The highest BCUT2D eigenvalue weighted by molar-refractivity contribution is 5.99. The van der Waals surface area contributed by atoms with E-state index in [2.05, 4.69) is 0 Å². The molecule has 0 N–H and O–H groups in total. The van der Waals surface area contributed by atoms with Crippen LogP contribution in [0.4, 0.5) is 0 Å². The Morgan fingerprint density at radius 2 is 0.857 bits per heavy atom. The zero-order chi connectivity index (χ0) is 30.2. The van der Waals surface area contributed by atoms with Gasteiger partial charge in [0.05, 0.1) is 26.4 Å². The lowest BCUT2D eigenvalue weighted by atomic mass is 9.68. The van der Waals surface area contributed by atoms with Crippen LogP contribution in [0.25, 0.3) is 0 Å². The third kappa shape index (κ3) is 6.37. The minimum Gasteiger partial charge on any atom is -0.465 e. The predicted molar refractivity (Wildman–Crippen MR) is 144 cm³/mol. The molecule has 4 rings (SSSR count). The van der Waals surface area contributed by atoms with Gasteiger partial charge in [0.25, 0.3) is 0 Å². The molecule has 0 aromatic heterocycles. The first-order valence-electron chi connectivity index (χ1n) is 13.8. The number of benzene rings is 2. The highest BCUT2D eigenvalue weighted by Crippen LogP contribution is 2.49. The van der Waals surface area contributed by atoms with Crippen LogP contribution in [0, 0.1) is 11.8 Å². The van der Waals surface area contributed by atoms with E-state index in [1.165, 1.54) is 0 Å². The maximum absolute atomic E-state index is 13.6. The van der Waals surface area contributed by atoms with Crippen LogP contribution in [-0.2, 0) is 38.1 Å². The molecule has 0 radical (unpaired) electrons. The van der Waals surface area contributed by atoms with Gasteiger partial charge in [0, 0.05) is 11.8 Å². The van der Waals surface area contributed by atoms with E-state index in [1.807, 2.05) is 0 Å². The van der Waals surface area contributed by atoms with Gasteiger partial charge in [0.1, 0.15) is 0 Å². The molecule has 2 aliphatic heterocycles. The minimum absolute atomic E-state index is 0.0253. The third-order valence-corrected chi connectivity index (χ3v) is 6.83. The zero-order valence-corrected chi connectivity index (χ0v) is 23.9. The molecule has 0 saturated carbocycles. The second-order valence-electron chi connectivity index (χ2n) is 9.24. The highest BCUT2D eigenvalue weighted by atomic mass is 16.7. The summed E-state index contributed by atoms with van der Waals surface area (Å²) in [5.74, 6) is -7.58. The molecule has 0 saturated heterocycles. The lowest BCUT2D eigenvalue weighted by Gasteiger charge is -2.35. The van der Waals surface area contributed by atoms with E-state index in [0.717, 1.165) is 0 Å². The standard InChI is InChI=1S/C30H34O12/c1-5-35-27(31)25(28(32)36-6-2)23(17-9-11-19-21(13-17)41-15-39-19)24(18-10-12-20-22(14-18)42-16-40-20)26(29(33)37-7-3)30(34)38-8-4/h9-14,23-26H,5-8,15-16H2,1-4H3/t23-,24-/m0/s1. The van der Waals surface area contributed by atoms with Gasteiger partial charge in [0.15, 0.2) is 34.8 Å². The van der Waals surface area contributed by atoms with E-state index < -0.39 is 47.5 Å². The average molecular weight is 587 g/mol. The molecule has 0 unspecified atom stereocenters. The fourth-order valence-corrected chi connectivity index (χ4v) is 5.16. The van der Waals surface area contributed by atoms with Crippen molar-refractivity contribution in [2.75, 3.05) is 40.0 Å². The number of hydrogen-bond donors (Lipinski definition) is 0. The number of carbonyl (C=O) groups is 4. The molecule has 0 fully saturated rings. The van der Waals surface area contributed by atoms with Gasteiger partial charge in [-0.2, -0.15) is 0 Å². The molecule has 2 aromatic carbocycles. The molecular formula is C30H34O12. The van der Waals surface area contributed by atoms with Crippen molar-refractivity contribution in [3.63, 3.8) is 0 Å². The molecule has 42 heavy (non-hydrogen) atoms. The summed E-state index contributed by atoms with van der Waals surface area (Å²) in [6, 6.07) is 9.72. The molecule has 0 amide bonds. The van der Waals surface area contributed by atoms with Gasteiger partial charge >= 0.3 is 23.9 Å². The Hall–Kier alpha value is -4.48. The summed E-state index contributed by atoms with van der Waals surface area (Å²) >= 11 is 0. The number of carbonyl (C=O) groups excluding carboxylic acids is 4. The van der Waals surface area contributed by atoms with Crippen molar-refractivity contribution in [1.82, 2.24) is 0 Å². The van der Waals surface area contributed by atoms with Crippen LogP contribution in [0.15, 0.2) is 36.4 Å². The Bertz CT molecular complexity index is 1170. The summed E-state index contributed by atoms with van der Waals surface area (Å²) in [5.41, 5.74) is 0.762. The summed E-state index contributed by atoms with van der Waals surface area (Å²) < 4.78 is 43.5. The molecular weight excluding hydrogens is 552 g/mol. The molecule has 2 aliphatic rings. The molecule has 2 heterocycles. The number of fused-ring (bicyclic) bond motifs is 2. The lowest BCUT2D eigenvalue weighted by molar-refractivity contribution is -0.169. The average Bonchev–Trinajstić information content (AvgIpc) is 3.64. The van der Waals surface area contributed by atoms with Gasteiger partial charge in [0.2, 0.25) is 13.6 Å². The summed E-state index contributed by atoms with van der Waals surface area (Å²) in [4.78, 5) is 54.4. The fourth-order valence-electron chi connectivity index (χ4n) is 5.16. The Morgan fingerprint density at radius 3 is 1.17 bits per heavy atom. The smallest absolute Gasteiger partial charge is 0.320 e. The lowest BCUT2D eigenvalue weighted by Crippen LogP contribution is -2.42. The molecule has 0 aliphatic carbocycles. The molecule has 12 nitrogen and oxygen atoms in total. The summed E-state index contributed by atoms with van der Waals surface area (Å²) in [5, 5.41) is 0. The van der Waals surface area contributed by atoms with Crippen molar-refractivity contribution in [3.8, 4) is 23.0 Å². The van der Waals surface area contributed by atoms with Gasteiger partial charge < -0.3 is 37.9 Å². The number of ether oxygens (including phenoxy) is 8. The second kappa shape index (κ2) is 13.9. The van der Waals surface area contributed by atoms with E-state index >= 15 is 0 Å². The zero-order valence-electron chi connectivity index (χ0n) is 23.9. The van der Waals surface area contributed by atoms with Crippen molar-refractivity contribution in [1.29, 1.82) is 0 Å². The van der Waals surface area contributed by atoms with E-state index in [-0.39, 0.29) is 40.0 Å². The maximum atomic E-state index is 13.6. The monoisotopic (exact) mass is 586 g/mol. The van der Waals surface area contributed by atoms with Crippen LogP contribution in [0.3, 0.4) is 0 Å². The Kier molecular flexibility index (Phi) is 10.1. The van der Waals surface area contributed by atoms with Crippen LogP contribution in [0.1, 0.15) is 50.7 Å². The van der Waals surface area contributed by atoms with Crippen molar-refractivity contribution in [2.24, 2.45) is 11.8 Å². The number of rotatable bonds is 13. The second-order valence-corrected chi connectivity index (χ2v) is 9.24. The van der Waals surface area contributed by atoms with Gasteiger partial charge in [-0.25, -0.2) is 0 Å². The largest absolute Gasteiger partial charge is 0.465 e. The molecule has 2 aromatic rings. The van der Waals surface area contributed by atoms with E-state index in [4.69, 9.17) is 37.9 Å². The van der Waals surface area contributed by atoms with Gasteiger partial charge in [-0.3, -0.25) is 19.2 Å². The maximum Gasteiger partial charge on any atom is 0.320 e. The molecule has 0 spiro atoms. The molecule has 0 bridgehead atoms. The first-order valence-corrected chi connectivity index (χ1v) is 13.8. The van der Waals surface area contributed by atoms with Gasteiger partial charge in [-0.1, -0.05) is 12.1 Å². The fraction of sp³-hybridized carbons (Fsp3) is 0.467. The van der Waals surface area contributed by atoms with Crippen LogP contribution in [0.5, 0.6) is 23.0 Å². The first-order chi connectivity index (χ1) is 20.3. The van der Waals surface area contributed by atoms with Gasteiger partial charge in [-0.15, -0.1) is 0 Å². The normalized spacial score (nSPS) is 14.3. The summed E-state index contributed by atoms with van der Waals surface area (Å²) in [6.45, 7) is 6.23. The SMILES string of the molecule is CCOC(=O)C(C(=O)OCC)[C@@H](c1ccc2c(c1)OCO2)[C@H](c1ccc2c(c1)OCO2)C(C(=O)OCC)C(=O)OCC. The van der Waals surface area contributed by atoms with Crippen LogP contribution in [0.2, 0.25) is 0 Å². The van der Waals surface area contributed by atoms with Crippen molar-refractivity contribution in [3.05, 3.63) is 47.5 Å². The third-order valence-electron chi connectivity index (χ3n) is 6.83. The predicted octanol–water partition coefficient (Wildman–Crippen LogP) is 3.50. The number of hydrogen-bond acceptors (Lipinski definition) is 12. The first kappa shape index (κ1) is 30.5. The van der Waals surface area contributed by atoms with E-state index in [1.54, 1.807) is 64.1 Å². The van der Waals surface area contributed by atoms with E-state index in [0.29, 0.717) is 34.1 Å². The Labute approximate surface area is 243 Å². The van der Waals surface area contributed by atoms with Crippen LogP contribution >= 0.6 is 0 Å². The van der Waals surface area contributed by atoms with Gasteiger partial charge in [-0.05, 0) is 63.1 Å². The van der Waals surface area contributed by atoms with E-state index in [9.17, 15) is 19.2 Å². The van der Waals surface area contributed by atoms with Crippen molar-refractivity contribution >= 4 is 23.9 Å². The molecule has 226 valence electrons. The Balaban J connectivity index is 2.02. The van der Waals surface area contributed by atoms with Crippen molar-refractivity contribution < 1.29 is 57.1 Å². The van der Waals surface area contributed by atoms with Crippen LogP contribution < -0.4 is 18.9 Å². The summed E-state index contributed by atoms with van der Waals surface area (Å²) in [7, 11) is 0. The number of esters is 4. The minimum atomic E-state index is -1.60. The Morgan fingerprint density at radius 1 is 0.548 bits per heavy atom. The van der Waals surface area contributed by atoms with Crippen molar-refractivity contribution in [2.45, 2.75) is 39.5 Å². The quantitative estimate of drug-likeness (QED) is 0.193. The molecule has 2 atom stereocenters. The molecule has 12 heteroatoms.